The standard InChI is InChI=1S/C17H25NO2S/c1-13-9-8-12-15(21-14-10-6-5-7-11-14)18(13)16(19)20-17(2,3)4/h5-7,10-11,13,15H,8-9,12H2,1-4H3. The van der Waals surface area contributed by atoms with Crippen molar-refractivity contribution in [3.63, 3.8) is 0 Å². The van der Waals surface area contributed by atoms with Crippen LogP contribution in [0.3, 0.4) is 0 Å². The Bertz CT molecular complexity index is 469. The van der Waals surface area contributed by atoms with Crippen LogP contribution >= 0.6 is 11.8 Å². The molecule has 1 aromatic rings. The Morgan fingerprint density at radius 3 is 2.52 bits per heavy atom. The van der Waals surface area contributed by atoms with Gasteiger partial charge in [-0.05, 0) is 59.1 Å². The summed E-state index contributed by atoms with van der Waals surface area (Å²) in [4.78, 5) is 15.6. The van der Waals surface area contributed by atoms with E-state index in [2.05, 4.69) is 19.1 Å². The molecule has 1 heterocycles. The normalized spacial score (nSPS) is 23.0. The lowest BCUT2D eigenvalue weighted by Gasteiger charge is -2.40. The molecular formula is C17H25NO2S. The molecule has 1 saturated heterocycles. The molecule has 1 fully saturated rings. The Morgan fingerprint density at radius 1 is 1.24 bits per heavy atom. The number of ether oxygens (including phenoxy) is 1. The molecule has 21 heavy (non-hydrogen) atoms. The van der Waals surface area contributed by atoms with Crippen molar-refractivity contribution in [1.82, 2.24) is 4.90 Å². The summed E-state index contributed by atoms with van der Waals surface area (Å²) in [6.45, 7) is 7.86. The Balaban J connectivity index is 2.11. The van der Waals surface area contributed by atoms with Crippen LogP contribution in [0.4, 0.5) is 4.79 Å². The van der Waals surface area contributed by atoms with E-state index in [4.69, 9.17) is 4.74 Å². The third-order valence-electron chi connectivity index (χ3n) is 3.48. The highest BCUT2D eigenvalue weighted by atomic mass is 32.2. The fourth-order valence-electron chi connectivity index (χ4n) is 2.53. The number of piperidine rings is 1. The molecule has 1 aliphatic rings. The molecule has 0 radical (unpaired) electrons. The zero-order valence-electron chi connectivity index (χ0n) is 13.3. The van der Waals surface area contributed by atoms with Crippen LogP contribution in [-0.4, -0.2) is 28.0 Å². The van der Waals surface area contributed by atoms with Crippen LogP contribution in [0.2, 0.25) is 0 Å². The molecule has 0 saturated carbocycles. The summed E-state index contributed by atoms with van der Waals surface area (Å²) in [7, 11) is 0. The van der Waals surface area contributed by atoms with Gasteiger partial charge in [-0.2, -0.15) is 0 Å². The molecule has 116 valence electrons. The summed E-state index contributed by atoms with van der Waals surface area (Å²) in [5, 5.41) is 0.158. The van der Waals surface area contributed by atoms with Crippen molar-refractivity contribution in [2.24, 2.45) is 0 Å². The Labute approximate surface area is 132 Å². The van der Waals surface area contributed by atoms with Crippen molar-refractivity contribution in [3.8, 4) is 0 Å². The summed E-state index contributed by atoms with van der Waals surface area (Å²) in [5.74, 6) is 0. The molecule has 2 rings (SSSR count). The SMILES string of the molecule is CC1CCCC(Sc2ccccc2)N1C(=O)OC(C)(C)C. The first-order valence-electron chi connectivity index (χ1n) is 7.60. The van der Waals surface area contributed by atoms with Gasteiger partial charge >= 0.3 is 6.09 Å². The zero-order chi connectivity index (χ0) is 15.5. The van der Waals surface area contributed by atoms with Crippen LogP contribution in [-0.2, 0) is 4.74 Å². The topological polar surface area (TPSA) is 29.5 Å². The maximum atomic E-state index is 12.5. The number of amides is 1. The third kappa shape index (κ3) is 4.67. The number of thioether (sulfide) groups is 1. The first kappa shape index (κ1) is 16.2. The second-order valence-electron chi connectivity index (χ2n) is 6.55. The van der Waals surface area contributed by atoms with Crippen molar-refractivity contribution in [2.75, 3.05) is 0 Å². The smallest absolute Gasteiger partial charge is 0.411 e. The van der Waals surface area contributed by atoms with Gasteiger partial charge in [0.2, 0.25) is 0 Å². The van der Waals surface area contributed by atoms with Crippen molar-refractivity contribution >= 4 is 17.9 Å². The Kier molecular flexibility index (Phi) is 5.20. The molecule has 1 aliphatic heterocycles. The van der Waals surface area contributed by atoms with E-state index in [1.165, 1.54) is 4.90 Å². The van der Waals surface area contributed by atoms with E-state index in [0.717, 1.165) is 19.3 Å². The summed E-state index contributed by atoms with van der Waals surface area (Å²) < 4.78 is 5.59. The van der Waals surface area contributed by atoms with E-state index < -0.39 is 5.60 Å². The van der Waals surface area contributed by atoms with Crippen LogP contribution in [0.25, 0.3) is 0 Å². The van der Waals surface area contributed by atoms with E-state index in [1.54, 1.807) is 11.8 Å². The number of carbonyl (C=O) groups is 1. The number of hydrogen-bond donors (Lipinski definition) is 0. The zero-order valence-corrected chi connectivity index (χ0v) is 14.2. The maximum Gasteiger partial charge on any atom is 0.411 e. The van der Waals surface area contributed by atoms with Crippen LogP contribution in [0.5, 0.6) is 0 Å². The molecular weight excluding hydrogens is 282 g/mol. The predicted octanol–water partition coefficient (Wildman–Crippen LogP) is 4.91. The lowest BCUT2D eigenvalue weighted by Crippen LogP contribution is -2.49. The first-order valence-corrected chi connectivity index (χ1v) is 8.48. The highest BCUT2D eigenvalue weighted by molar-refractivity contribution is 7.99. The Hall–Kier alpha value is -1.16. The van der Waals surface area contributed by atoms with E-state index in [9.17, 15) is 4.79 Å². The van der Waals surface area contributed by atoms with Gasteiger partial charge in [-0.1, -0.05) is 18.2 Å². The van der Waals surface area contributed by atoms with Crippen LogP contribution in [0.15, 0.2) is 35.2 Å². The molecule has 2 atom stereocenters. The largest absolute Gasteiger partial charge is 0.444 e. The van der Waals surface area contributed by atoms with Crippen LogP contribution < -0.4 is 0 Å². The highest BCUT2D eigenvalue weighted by Crippen LogP contribution is 2.35. The van der Waals surface area contributed by atoms with E-state index >= 15 is 0 Å². The summed E-state index contributed by atoms with van der Waals surface area (Å²) >= 11 is 1.76. The fourth-order valence-corrected chi connectivity index (χ4v) is 3.85. The lowest BCUT2D eigenvalue weighted by molar-refractivity contribution is 0.00827. The lowest BCUT2D eigenvalue weighted by atomic mass is 10.0. The summed E-state index contributed by atoms with van der Waals surface area (Å²) in [6.07, 6.45) is 3.03. The van der Waals surface area contributed by atoms with Gasteiger partial charge in [-0.25, -0.2) is 4.79 Å². The monoisotopic (exact) mass is 307 g/mol. The minimum atomic E-state index is -0.448. The van der Waals surface area contributed by atoms with Gasteiger partial charge in [0, 0.05) is 10.9 Å². The van der Waals surface area contributed by atoms with Gasteiger partial charge in [-0.3, -0.25) is 4.90 Å². The molecule has 0 N–H and O–H groups in total. The number of benzene rings is 1. The average molecular weight is 307 g/mol. The minimum absolute atomic E-state index is 0.158. The predicted molar refractivity (Wildman–Crippen MR) is 87.5 cm³/mol. The van der Waals surface area contributed by atoms with Gasteiger partial charge < -0.3 is 4.74 Å². The van der Waals surface area contributed by atoms with Gasteiger partial charge in [0.1, 0.15) is 5.60 Å². The summed E-state index contributed by atoms with van der Waals surface area (Å²) in [6, 6.07) is 10.5. The van der Waals surface area contributed by atoms with Gasteiger partial charge in [0.05, 0.1) is 5.37 Å². The molecule has 0 aliphatic carbocycles. The van der Waals surface area contributed by atoms with Crippen molar-refractivity contribution in [3.05, 3.63) is 30.3 Å². The molecule has 4 heteroatoms. The van der Waals surface area contributed by atoms with Crippen LogP contribution in [0, 0.1) is 0 Å². The van der Waals surface area contributed by atoms with E-state index in [0.29, 0.717) is 0 Å². The van der Waals surface area contributed by atoms with Crippen molar-refractivity contribution < 1.29 is 9.53 Å². The molecule has 0 spiro atoms. The van der Waals surface area contributed by atoms with Gasteiger partial charge in [-0.15, -0.1) is 11.8 Å². The maximum absolute atomic E-state index is 12.5. The van der Waals surface area contributed by atoms with Crippen molar-refractivity contribution in [2.45, 2.75) is 68.9 Å². The molecule has 0 aromatic heterocycles. The number of carbonyl (C=O) groups excluding carboxylic acids is 1. The second kappa shape index (κ2) is 6.73. The minimum Gasteiger partial charge on any atom is -0.444 e. The molecule has 2 unspecified atom stereocenters. The van der Waals surface area contributed by atoms with Crippen molar-refractivity contribution in [1.29, 1.82) is 0 Å². The Morgan fingerprint density at radius 2 is 1.90 bits per heavy atom. The van der Waals surface area contributed by atoms with Gasteiger partial charge in [0.15, 0.2) is 0 Å². The van der Waals surface area contributed by atoms with Crippen LogP contribution in [0.1, 0.15) is 47.0 Å². The first-order chi connectivity index (χ1) is 9.87. The molecule has 3 nitrogen and oxygen atoms in total. The number of nitrogens with zero attached hydrogens (tertiary/aromatic N) is 1. The number of rotatable bonds is 2. The molecule has 0 bridgehead atoms. The summed E-state index contributed by atoms with van der Waals surface area (Å²) in [5.41, 5.74) is -0.448. The second-order valence-corrected chi connectivity index (χ2v) is 7.80. The number of likely N-dealkylation sites (tertiary alicyclic amines) is 1. The molecule has 1 aromatic carbocycles. The quantitative estimate of drug-likeness (QED) is 0.777. The third-order valence-corrected chi connectivity index (χ3v) is 4.76. The number of hydrogen-bond acceptors (Lipinski definition) is 3. The van der Waals surface area contributed by atoms with E-state index in [-0.39, 0.29) is 17.5 Å². The fraction of sp³-hybridized carbons (Fsp3) is 0.588. The average Bonchev–Trinajstić information content (AvgIpc) is 2.37. The van der Waals surface area contributed by atoms with Gasteiger partial charge in [0.25, 0.3) is 0 Å². The molecule has 1 amide bonds. The highest BCUT2D eigenvalue weighted by Gasteiger charge is 2.35. The van der Waals surface area contributed by atoms with E-state index in [1.807, 2.05) is 43.9 Å².